The van der Waals surface area contributed by atoms with Crippen molar-refractivity contribution < 1.29 is 23.4 Å². The summed E-state index contributed by atoms with van der Waals surface area (Å²) in [5, 5.41) is 0. The van der Waals surface area contributed by atoms with Crippen molar-refractivity contribution in [3.63, 3.8) is 0 Å². The van der Waals surface area contributed by atoms with Gasteiger partial charge < -0.3 is 18.6 Å². The Labute approximate surface area is 208 Å². The van der Waals surface area contributed by atoms with Crippen molar-refractivity contribution in [2.75, 3.05) is 20.5 Å². The molecule has 1 aromatic rings. The van der Waals surface area contributed by atoms with Crippen molar-refractivity contribution in [3.05, 3.63) is 55.1 Å². The molecule has 0 spiro atoms. The lowest BCUT2D eigenvalue weighted by atomic mass is 9.94. The minimum atomic E-state index is -2.19. The number of hydrogen-bond acceptors (Lipinski definition) is 5. The molecule has 0 saturated carbocycles. The van der Waals surface area contributed by atoms with Gasteiger partial charge >= 0.3 is 0 Å². The molecule has 5 nitrogen and oxygen atoms in total. The van der Waals surface area contributed by atoms with Gasteiger partial charge in [0.25, 0.3) is 0 Å². The van der Waals surface area contributed by atoms with Gasteiger partial charge in [0.15, 0.2) is 0 Å². The third-order valence-electron chi connectivity index (χ3n) is 6.56. The normalized spacial score (nSPS) is 13.8. The van der Waals surface area contributed by atoms with Gasteiger partial charge in [-0.3, -0.25) is 4.79 Å². The van der Waals surface area contributed by atoms with Gasteiger partial charge in [0, 0.05) is 6.42 Å². The van der Waals surface area contributed by atoms with E-state index < -0.39 is 14.2 Å². The number of benzene rings is 1. The van der Waals surface area contributed by atoms with Gasteiger partial charge in [0.1, 0.15) is 18.3 Å². The Kier molecular flexibility index (Phi) is 13.6. The van der Waals surface area contributed by atoms with E-state index in [1.165, 1.54) is 0 Å². The fraction of sp³-hybridized carbons (Fsp3) is 0.607. The maximum atomic E-state index is 13.1. The van der Waals surface area contributed by atoms with Crippen LogP contribution in [0.5, 0.6) is 5.75 Å². The number of ether oxygens (including phenoxy) is 3. The molecule has 2 atom stereocenters. The summed E-state index contributed by atoms with van der Waals surface area (Å²) < 4.78 is 23.7. The average Bonchev–Trinajstić information content (AvgIpc) is 2.79. The fourth-order valence-corrected chi connectivity index (χ4v) is 10.5. The molecule has 0 fully saturated rings. The number of hydrogen-bond donors (Lipinski definition) is 0. The Bertz CT molecular complexity index is 720. The first-order valence-corrected chi connectivity index (χ1v) is 14.5. The van der Waals surface area contributed by atoms with Crippen LogP contribution in [0.25, 0.3) is 0 Å². The lowest BCUT2D eigenvalue weighted by molar-refractivity contribution is -0.132. The maximum Gasteiger partial charge on any atom is 0.200 e. The second-order valence-electron chi connectivity index (χ2n) is 9.75. The van der Waals surface area contributed by atoms with Crippen molar-refractivity contribution >= 4 is 14.1 Å². The van der Waals surface area contributed by atoms with Crippen LogP contribution in [0.1, 0.15) is 59.9 Å². The summed E-state index contributed by atoms with van der Waals surface area (Å²) in [5.41, 5.74) is 2.29. The Morgan fingerprint density at radius 1 is 0.941 bits per heavy atom. The van der Waals surface area contributed by atoms with E-state index >= 15 is 0 Å². The van der Waals surface area contributed by atoms with E-state index in [0.717, 1.165) is 11.3 Å². The van der Waals surface area contributed by atoms with Gasteiger partial charge in [0.05, 0.1) is 32.3 Å². The Morgan fingerprint density at radius 3 is 2.00 bits per heavy atom. The molecule has 0 saturated heterocycles. The highest BCUT2D eigenvalue weighted by Crippen LogP contribution is 2.44. The Hall–Kier alpha value is -1.73. The zero-order chi connectivity index (χ0) is 25.7. The van der Waals surface area contributed by atoms with Crippen LogP contribution in [0, 0.1) is 5.92 Å². The van der Waals surface area contributed by atoms with E-state index in [4.69, 9.17) is 18.6 Å². The van der Waals surface area contributed by atoms with Gasteiger partial charge in [0.2, 0.25) is 8.32 Å². The summed E-state index contributed by atoms with van der Waals surface area (Å²) >= 11 is 0. The number of ketones is 1. The van der Waals surface area contributed by atoms with Crippen molar-refractivity contribution in [2.45, 2.75) is 83.7 Å². The molecule has 1 aromatic carbocycles. The third-order valence-corrected chi connectivity index (χ3v) is 12.7. The molecular weight excluding hydrogens is 444 g/mol. The van der Waals surface area contributed by atoms with E-state index in [1.807, 2.05) is 30.3 Å². The first kappa shape index (κ1) is 30.3. The number of methoxy groups -OCH3 is 1. The monoisotopic (exact) mass is 490 g/mol. The second kappa shape index (κ2) is 15.3. The lowest BCUT2D eigenvalue weighted by Gasteiger charge is -2.46. The summed E-state index contributed by atoms with van der Waals surface area (Å²) in [6, 6.07) is 7.71. The Morgan fingerprint density at radius 2 is 1.53 bits per heavy atom. The molecule has 34 heavy (non-hydrogen) atoms. The highest BCUT2D eigenvalue weighted by molar-refractivity contribution is 6.77. The largest absolute Gasteiger partial charge is 0.497 e. The van der Waals surface area contributed by atoms with Crippen LogP contribution in [-0.2, 0) is 25.3 Å². The topological polar surface area (TPSA) is 54.0 Å². The summed E-state index contributed by atoms with van der Waals surface area (Å²) in [6.45, 7) is 22.0. The molecule has 192 valence electrons. The number of carbonyl (C=O) groups is 1. The average molecular weight is 491 g/mol. The molecule has 0 heterocycles. The van der Waals surface area contributed by atoms with Crippen LogP contribution in [0.15, 0.2) is 49.6 Å². The van der Waals surface area contributed by atoms with Crippen LogP contribution < -0.4 is 4.74 Å². The highest BCUT2D eigenvalue weighted by atomic mass is 28.4. The molecule has 0 aliphatic heterocycles. The molecule has 0 aromatic heterocycles. The molecule has 1 rings (SSSR count). The molecule has 0 N–H and O–H groups in total. The number of Topliss-reactive ketones (excluding diaryl/α,β-unsaturated/α-hetero) is 1. The quantitative estimate of drug-likeness (QED) is 0.0952. The molecule has 0 aliphatic carbocycles. The van der Waals surface area contributed by atoms with Crippen molar-refractivity contribution in [3.8, 4) is 5.75 Å². The fourth-order valence-electron chi connectivity index (χ4n) is 4.95. The molecular formula is C28H46O5Si. The van der Waals surface area contributed by atoms with Gasteiger partial charge in [-0.05, 0) is 40.7 Å². The predicted octanol–water partition coefficient (Wildman–Crippen LogP) is 7.08. The number of allylic oxidation sites excluding steroid dienone is 1. The first-order valence-electron chi connectivity index (χ1n) is 12.3. The van der Waals surface area contributed by atoms with E-state index in [2.05, 4.69) is 54.7 Å². The molecule has 6 heteroatoms. The van der Waals surface area contributed by atoms with Crippen molar-refractivity contribution in [1.82, 2.24) is 0 Å². The van der Waals surface area contributed by atoms with Crippen LogP contribution in [0.4, 0.5) is 0 Å². The first-order chi connectivity index (χ1) is 16.1. The van der Waals surface area contributed by atoms with E-state index in [-0.39, 0.29) is 31.7 Å². The zero-order valence-corrected chi connectivity index (χ0v) is 23.3. The zero-order valence-electron chi connectivity index (χ0n) is 22.3. The van der Waals surface area contributed by atoms with Crippen molar-refractivity contribution in [1.29, 1.82) is 0 Å². The highest BCUT2D eigenvalue weighted by Gasteiger charge is 2.48. The smallest absolute Gasteiger partial charge is 0.200 e. The number of carbonyl (C=O) groups excluding carboxylic acids is 1. The minimum absolute atomic E-state index is 0.0798. The Balaban J connectivity index is 2.92. The van der Waals surface area contributed by atoms with Crippen LogP contribution in [0.3, 0.4) is 0 Å². The van der Waals surface area contributed by atoms with E-state index in [1.54, 1.807) is 13.2 Å². The van der Waals surface area contributed by atoms with Crippen molar-refractivity contribution in [2.24, 2.45) is 5.92 Å². The predicted molar refractivity (Wildman–Crippen MR) is 143 cm³/mol. The standard InChI is InChI=1S/C28H46O5Si/c1-10-12-27(29)26(19-32-20-31-18-24-14-16-25(30-9)17-15-24)28(13-11-2)33-34(21(3)4,22(5)6)23(7)8/h10-11,14-17,21-23,26,28H,1-2,12-13,18-20H2,3-9H3/t26-,28-/m0/s1. The molecule has 0 unspecified atom stereocenters. The summed E-state index contributed by atoms with van der Waals surface area (Å²) in [4.78, 5) is 13.1. The van der Waals surface area contributed by atoms with Crippen LogP contribution in [0.2, 0.25) is 16.6 Å². The SMILES string of the molecule is C=CCC(=O)[C@H](COCOCc1ccc(OC)cc1)[C@H](CC=C)O[Si](C(C)C)(C(C)C)C(C)C. The minimum Gasteiger partial charge on any atom is -0.497 e. The maximum absolute atomic E-state index is 13.1. The van der Waals surface area contributed by atoms with Gasteiger partial charge in [-0.15, -0.1) is 13.2 Å². The lowest BCUT2D eigenvalue weighted by Crippen LogP contribution is -2.52. The van der Waals surface area contributed by atoms with E-state index in [0.29, 0.717) is 29.7 Å². The number of rotatable bonds is 18. The van der Waals surface area contributed by atoms with Crippen LogP contribution >= 0.6 is 0 Å². The van der Waals surface area contributed by atoms with Gasteiger partial charge in [-0.2, -0.15) is 0 Å². The van der Waals surface area contributed by atoms with Gasteiger partial charge in [-0.25, -0.2) is 0 Å². The van der Waals surface area contributed by atoms with Crippen LogP contribution in [-0.4, -0.2) is 40.7 Å². The van der Waals surface area contributed by atoms with Gasteiger partial charge in [-0.1, -0.05) is 65.8 Å². The molecule has 0 amide bonds. The third kappa shape index (κ3) is 8.49. The van der Waals surface area contributed by atoms with E-state index in [9.17, 15) is 4.79 Å². The summed E-state index contributed by atoms with van der Waals surface area (Å²) in [6.07, 6.45) is 4.12. The molecule has 0 radical (unpaired) electrons. The second-order valence-corrected chi connectivity index (χ2v) is 15.2. The molecule has 0 bridgehead atoms. The summed E-state index contributed by atoms with van der Waals surface area (Å²) in [5.74, 6) is 0.487. The summed E-state index contributed by atoms with van der Waals surface area (Å²) in [7, 11) is -0.547. The molecule has 0 aliphatic rings.